The monoisotopic (exact) mass is 189 g/mol. The van der Waals surface area contributed by atoms with E-state index in [9.17, 15) is 4.39 Å². The normalized spacial score (nSPS) is 10.8. The minimum absolute atomic E-state index is 0.239. The van der Waals surface area contributed by atoms with Crippen LogP contribution in [0.4, 0.5) is 4.39 Å². The smallest absolute Gasteiger partial charge is 0.149 e. The van der Waals surface area contributed by atoms with Crippen molar-refractivity contribution in [3.8, 4) is 0 Å². The second-order valence-corrected chi connectivity index (χ2v) is 3.42. The molecule has 0 spiro atoms. The lowest BCUT2D eigenvalue weighted by atomic mass is 10.1. The summed E-state index contributed by atoms with van der Waals surface area (Å²) >= 11 is 0. The molecule has 0 fully saturated rings. The quantitative estimate of drug-likeness (QED) is 0.671. The van der Waals surface area contributed by atoms with Crippen LogP contribution in [0.25, 0.3) is 10.9 Å². The lowest BCUT2D eigenvalue weighted by Gasteiger charge is -2.05. The van der Waals surface area contributed by atoms with Gasteiger partial charge in [-0.05, 0) is 31.0 Å². The molecular formula is C12H12FN. The molecule has 0 aliphatic rings. The number of fused-ring (bicyclic) bond motifs is 1. The van der Waals surface area contributed by atoms with E-state index in [1.807, 2.05) is 26.0 Å². The van der Waals surface area contributed by atoms with Crippen molar-refractivity contribution in [3.05, 3.63) is 41.3 Å². The first kappa shape index (κ1) is 9.13. The van der Waals surface area contributed by atoms with Gasteiger partial charge in [-0.15, -0.1) is 0 Å². The molecule has 0 radical (unpaired) electrons. The molecule has 1 nitrogen and oxygen atoms in total. The summed E-state index contributed by atoms with van der Waals surface area (Å²) in [7, 11) is 0. The number of hydrogen-bond acceptors (Lipinski definition) is 1. The third-order valence-electron chi connectivity index (χ3n) is 2.43. The molecule has 1 aromatic carbocycles. The van der Waals surface area contributed by atoms with E-state index in [2.05, 4.69) is 4.98 Å². The van der Waals surface area contributed by atoms with Crippen molar-refractivity contribution in [1.29, 1.82) is 0 Å². The number of para-hydroxylation sites is 1. The Morgan fingerprint density at radius 2 is 2.14 bits per heavy atom. The highest BCUT2D eigenvalue weighted by Crippen LogP contribution is 2.19. The van der Waals surface area contributed by atoms with E-state index in [1.165, 1.54) is 6.07 Å². The van der Waals surface area contributed by atoms with Gasteiger partial charge in [-0.3, -0.25) is 0 Å². The molecule has 72 valence electrons. The number of aromatic nitrogens is 1. The third kappa shape index (κ3) is 1.37. The fourth-order valence-corrected chi connectivity index (χ4v) is 1.66. The molecule has 0 bridgehead atoms. The van der Waals surface area contributed by atoms with Gasteiger partial charge in [0.15, 0.2) is 0 Å². The predicted molar refractivity (Wildman–Crippen MR) is 55.8 cm³/mol. The number of pyridine rings is 1. The zero-order chi connectivity index (χ0) is 10.1. The first-order chi connectivity index (χ1) is 6.72. The Morgan fingerprint density at radius 1 is 1.36 bits per heavy atom. The summed E-state index contributed by atoms with van der Waals surface area (Å²) in [5.41, 5.74) is 2.59. The molecule has 0 unspecified atom stereocenters. The fourth-order valence-electron chi connectivity index (χ4n) is 1.66. The maximum atomic E-state index is 13.4. The van der Waals surface area contributed by atoms with Crippen molar-refractivity contribution >= 4 is 10.9 Å². The Balaban J connectivity index is 2.80. The van der Waals surface area contributed by atoms with Crippen LogP contribution in [-0.4, -0.2) is 4.98 Å². The Hall–Kier alpha value is -1.44. The van der Waals surface area contributed by atoms with E-state index >= 15 is 0 Å². The highest BCUT2D eigenvalue weighted by molar-refractivity contribution is 5.80. The molecule has 1 aromatic heterocycles. The van der Waals surface area contributed by atoms with Gasteiger partial charge in [0.05, 0.1) is 0 Å². The van der Waals surface area contributed by atoms with Gasteiger partial charge in [0.25, 0.3) is 0 Å². The molecule has 0 aliphatic heterocycles. The SMILES string of the molecule is CCc1nc2c(F)cccc2cc1C. The number of halogens is 1. The summed E-state index contributed by atoms with van der Waals surface area (Å²) in [6.07, 6.45) is 0.843. The summed E-state index contributed by atoms with van der Waals surface area (Å²) in [4.78, 5) is 4.32. The summed E-state index contributed by atoms with van der Waals surface area (Å²) in [6, 6.07) is 7.04. The van der Waals surface area contributed by atoms with Gasteiger partial charge in [0.2, 0.25) is 0 Å². The van der Waals surface area contributed by atoms with Gasteiger partial charge in [0.1, 0.15) is 11.3 Å². The van der Waals surface area contributed by atoms with Crippen molar-refractivity contribution in [2.75, 3.05) is 0 Å². The van der Waals surface area contributed by atoms with Crippen molar-refractivity contribution < 1.29 is 4.39 Å². The highest BCUT2D eigenvalue weighted by Gasteiger charge is 2.04. The minimum atomic E-state index is -0.239. The van der Waals surface area contributed by atoms with Gasteiger partial charge >= 0.3 is 0 Å². The molecule has 2 aromatic rings. The van der Waals surface area contributed by atoms with Crippen LogP contribution in [0, 0.1) is 12.7 Å². The van der Waals surface area contributed by atoms with Gasteiger partial charge in [0, 0.05) is 11.1 Å². The fraction of sp³-hybridized carbons (Fsp3) is 0.250. The van der Waals surface area contributed by atoms with Crippen LogP contribution in [0.3, 0.4) is 0 Å². The molecule has 0 saturated heterocycles. The van der Waals surface area contributed by atoms with E-state index in [1.54, 1.807) is 6.07 Å². The van der Waals surface area contributed by atoms with E-state index in [0.29, 0.717) is 5.52 Å². The summed E-state index contributed by atoms with van der Waals surface area (Å²) < 4.78 is 13.4. The van der Waals surface area contributed by atoms with Crippen LogP contribution in [0.5, 0.6) is 0 Å². The van der Waals surface area contributed by atoms with Crippen molar-refractivity contribution in [1.82, 2.24) is 4.98 Å². The summed E-state index contributed by atoms with van der Waals surface area (Å²) in [6.45, 7) is 4.04. The molecule has 0 atom stereocenters. The van der Waals surface area contributed by atoms with Crippen LogP contribution in [0.2, 0.25) is 0 Å². The van der Waals surface area contributed by atoms with Crippen LogP contribution < -0.4 is 0 Å². The number of hydrogen-bond donors (Lipinski definition) is 0. The number of rotatable bonds is 1. The van der Waals surface area contributed by atoms with E-state index in [-0.39, 0.29) is 5.82 Å². The largest absolute Gasteiger partial charge is 0.249 e. The van der Waals surface area contributed by atoms with Crippen LogP contribution in [-0.2, 0) is 6.42 Å². The minimum Gasteiger partial charge on any atom is -0.249 e. The molecule has 0 saturated carbocycles. The van der Waals surface area contributed by atoms with Crippen molar-refractivity contribution in [3.63, 3.8) is 0 Å². The van der Waals surface area contributed by atoms with Crippen molar-refractivity contribution in [2.45, 2.75) is 20.3 Å². The second-order valence-electron chi connectivity index (χ2n) is 3.42. The van der Waals surface area contributed by atoms with Gasteiger partial charge < -0.3 is 0 Å². The molecule has 2 rings (SSSR count). The Bertz CT molecular complexity index is 477. The molecule has 1 heterocycles. The maximum absolute atomic E-state index is 13.4. The zero-order valence-electron chi connectivity index (χ0n) is 8.34. The van der Waals surface area contributed by atoms with Crippen molar-refractivity contribution in [2.24, 2.45) is 0 Å². The number of aryl methyl sites for hydroxylation is 2. The lowest BCUT2D eigenvalue weighted by molar-refractivity contribution is 0.636. The molecule has 14 heavy (non-hydrogen) atoms. The first-order valence-corrected chi connectivity index (χ1v) is 4.77. The standard InChI is InChI=1S/C12H12FN/c1-3-11-8(2)7-9-5-4-6-10(13)12(9)14-11/h4-7H,3H2,1-2H3. The predicted octanol–water partition coefficient (Wildman–Crippen LogP) is 3.24. The summed E-state index contributed by atoms with van der Waals surface area (Å²) in [5, 5.41) is 0.875. The first-order valence-electron chi connectivity index (χ1n) is 4.77. The van der Waals surface area contributed by atoms with Gasteiger partial charge in [-0.25, -0.2) is 9.37 Å². The summed E-state index contributed by atoms with van der Waals surface area (Å²) in [5.74, 6) is -0.239. The van der Waals surface area contributed by atoms with Crippen LogP contribution in [0.1, 0.15) is 18.2 Å². The average Bonchev–Trinajstić information content (AvgIpc) is 2.17. The number of nitrogens with zero attached hydrogens (tertiary/aromatic N) is 1. The molecular weight excluding hydrogens is 177 g/mol. The molecule has 0 aliphatic carbocycles. The van der Waals surface area contributed by atoms with E-state index in [0.717, 1.165) is 23.1 Å². The topological polar surface area (TPSA) is 12.9 Å². The molecule has 2 heteroatoms. The zero-order valence-corrected chi connectivity index (χ0v) is 8.34. The van der Waals surface area contributed by atoms with E-state index in [4.69, 9.17) is 0 Å². The Morgan fingerprint density at radius 3 is 2.86 bits per heavy atom. The third-order valence-corrected chi connectivity index (χ3v) is 2.43. The van der Waals surface area contributed by atoms with E-state index < -0.39 is 0 Å². The maximum Gasteiger partial charge on any atom is 0.149 e. The number of benzene rings is 1. The van der Waals surface area contributed by atoms with Gasteiger partial charge in [-0.2, -0.15) is 0 Å². The van der Waals surface area contributed by atoms with Crippen LogP contribution >= 0.6 is 0 Å². The van der Waals surface area contributed by atoms with Crippen LogP contribution in [0.15, 0.2) is 24.3 Å². The van der Waals surface area contributed by atoms with Gasteiger partial charge in [-0.1, -0.05) is 19.1 Å². The molecule has 0 amide bonds. The second kappa shape index (κ2) is 3.37. The average molecular weight is 189 g/mol. The lowest BCUT2D eigenvalue weighted by Crippen LogP contribution is -1.94. The highest BCUT2D eigenvalue weighted by atomic mass is 19.1. The Kier molecular flexibility index (Phi) is 2.20. The molecule has 0 N–H and O–H groups in total. The Labute approximate surface area is 82.6 Å².